The Morgan fingerprint density at radius 1 is 1.02 bits per heavy atom. The van der Waals surface area contributed by atoms with Gasteiger partial charge in [-0.25, -0.2) is 13.6 Å². The minimum absolute atomic E-state index is 0.111. The molecule has 5 nitrogen and oxygen atoms in total. The molecule has 2 aromatic rings. The molecule has 2 atom stereocenters. The van der Waals surface area contributed by atoms with Crippen LogP contribution in [0.25, 0.3) is 11.1 Å². The van der Waals surface area contributed by atoms with Crippen LogP contribution in [-0.4, -0.2) is 72.1 Å². The lowest BCUT2D eigenvalue weighted by Gasteiger charge is -2.40. The number of benzene rings is 2. The van der Waals surface area contributed by atoms with Gasteiger partial charge in [0.15, 0.2) is 0 Å². The molecule has 42 heavy (non-hydrogen) atoms. The Kier molecular flexibility index (Phi) is 9.89. The van der Waals surface area contributed by atoms with Gasteiger partial charge >= 0.3 is 5.97 Å². The van der Waals surface area contributed by atoms with Crippen LogP contribution in [0.2, 0.25) is 5.02 Å². The zero-order chi connectivity index (χ0) is 29.8. The molecule has 1 N–H and O–H groups in total. The van der Waals surface area contributed by atoms with E-state index in [-0.39, 0.29) is 17.3 Å². The van der Waals surface area contributed by atoms with Crippen LogP contribution >= 0.6 is 11.6 Å². The minimum atomic E-state index is -2.83. The number of nitrogens with zero attached hydrogens (tertiary/aromatic N) is 3. The Morgan fingerprint density at radius 2 is 1.76 bits per heavy atom. The van der Waals surface area contributed by atoms with Crippen molar-refractivity contribution < 1.29 is 18.7 Å². The predicted molar refractivity (Wildman–Crippen MR) is 166 cm³/mol. The molecule has 2 aliphatic heterocycles. The molecule has 226 valence electrons. The summed E-state index contributed by atoms with van der Waals surface area (Å²) in [4.78, 5) is 18.5. The molecule has 0 spiro atoms. The van der Waals surface area contributed by atoms with E-state index in [1.807, 2.05) is 12.1 Å². The third-order valence-electron chi connectivity index (χ3n) is 9.20. The number of hydrogen-bond donors (Lipinski definition) is 1. The molecule has 2 unspecified atom stereocenters. The second kappa shape index (κ2) is 13.6. The molecule has 0 radical (unpaired) electrons. The molecule has 1 saturated heterocycles. The van der Waals surface area contributed by atoms with E-state index >= 15 is 0 Å². The van der Waals surface area contributed by atoms with Crippen molar-refractivity contribution in [1.82, 2.24) is 9.80 Å². The highest BCUT2D eigenvalue weighted by atomic mass is 35.5. The second-order valence-corrected chi connectivity index (χ2v) is 12.6. The van der Waals surface area contributed by atoms with Crippen LogP contribution < -0.4 is 4.90 Å². The Morgan fingerprint density at radius 3 is 2.43 bits per heavy atom. The van der Waals surface area contributed by atoms with Crippen LogP contribution in [0, 0.1) is 5.92 Å². The van der Waals surface area contributed by atoms with Crippen LogP contribution in [0.15, 0.2) is 65.9 Å². The minimum Gasteiger partial charge on any atom is -0.478 e. The lowest BCUT2D eigenvalue weighted by atomic mass is 9.80. The van der Waals surface area contributed by atoms with Crippen molar-refractivity contribution in [2.24, 2.45) is 5.92 Å². The second-order valence-electron chi connectivity index (χ2n) is 12.1. The van der Waals surface area contributed by atoms with Gasteiger partial charge in [0.05, 0.1) is 11.3 Å². The van der Waals surface area contributed by atoms with Crippen LogP contribution in [0.3, 0.4) is 0 Å². The first kappa shape index (κ1) is 30.6. The molecule has 3 aliphatic rings. The lowest BCUT2D eigenvalue weighted by Crippen LogP contribution is -2.48. The van der Waals surface area contributed by atoms with Crippen LogP contribution in [0.5, 0.6) is 0 Å². The summed E-state index contributed by atoms with van der Waals surface area (Å²) in [6.45, 7) is 9.10. The lowest BCUT2D eigenvalue weighted by molar-refractivity contribution is -0.132. The fourth-order valence-corrected chi connectivity index (χ4v) is 7.18. The quantitative estimate of drug-likeness (QED) is 0.341. The molecule has 5 rings (SSSR count). The normalized spacial score (nSPS) is 22.3. The van der Waals surface area contributed by atoms with Crippen molar-refractivity contribution in [1.29, 1.82) is 0 Å². The molecular weight excluding hydrogens is 556 g/mol. The van der Waals surface area contributed by atoms with Crippen molar-refractivity contribution in [2.75, 3.05) is 37.6 Å². The van der Waals surface area contributed by atoms with Crippen LogP contribution in [0.4, 0.5) is 14.5 Å². The van der Waals surface area contributed by atoms with Crippen molar-refractivity contribution >= 4 is 23.3 Å². The van der Waals surface area contributed by atoms with Crippen molar-refractivity contribution in [3.8, 4) is 11.1 Å². The molecule has 2 aromatic carbocycles. The summed E-state index contributed by atoms with van der Waals surface area (Å²) < 4.78 is 28.5. The van der Waals surface area contributed by atoms with Gasteiger partial charge in [0.1, 0.15) is 0 Å². The summed E-state index contributed by atoms with van der Waals surface area (Å²) in [6, 6.07) is 15.3. The highest BCUT2D eigenvalue weighted by Gasteiger charge is 2.34. The third-order valence-corrected chi connectivity index (χ3v) is 9.44. The number of aliphatic carboxylic acids is 1. The largest absolute Gasteiger partial charge is 0.478 e. The number of hydrogen-bond acceptors (Lipinski definition) is 4. The van der Waals surface area contributed by atoms with E-state index in [4.69, 9.17) is 11.6 Å². The topological polar surface area (TPSA) is 47.0 Å². The number of carboxylic acid groups (broad SMARTS) is 1. The fraction of sp³-hybridized carbons (Fsp3) is 0.500. The summed E-state index contributed by atoms with van der Waals surface area (Å²) in [5.74, 6) is -1.01. The van der Waals surface area contributed by atoms with E-state index in [2.05, 4.69) is 54.0 Å². The van der Waals surface area contributed by atoms with Crippen LogP contribution in [-0.2, 0) is 11.2 Å². The van der Waals surface area contributed by atoms with Gasteiger partial charge < -0.3 is 14.9 Å². The van der Waals surface area contributed by atoms with E-state index in [1.165, 1.54) is 17.3 Å². The summed E-state index contributed by atoms with van der Waals surface area (Å²) in [5.41, 5.74) is 4.08. The molecule has 0 bridgehead atoms. The Labute approximate surface area is 253 Å². The molecule has 2 fully saturated rings. The Balaban J connectivity index is 1.32. The molecule has 0 aromatic heterocycles. The average Bonchev–Trinajstić information content (AvgIpc) is 3.21. The molecular formula is C34H42ClF2N3O2. The molecule has 0 amide bonds. The number of halogens is 3. The summed E-state index contributed by atoms with van der Waals surface area (Å²) >= 11 is 6.48. The van der Waals surface area contributed by atoms with Crippen molar-refractivity contribution in [3.05, 3.63) is 76.5 Å². The van der Waals surface area contributed by atoms with Crippen molar-refractivity contribution in [3.63, 3.8) is 0 Å². The van der Waals surface area contributed by atoms with Crippen molar-refractivity contribution in [2.45, 2.75) is 70.9 Å². The first-order chi connectivity index (χ1) is 20.2. The number of allylic oxidation sites excluding steroid dienone is 1. The predicted octanol–water partition coefficient (Wildman–Crippen LogP) is 7.50. The van der Waals surface area contributed by atoms with E-state index in [1.54, 1.807) is 11.0 Å². The highest BCUT2D eigenvalue weighted by molar-refractivity contribution is 6.30. The number of carbonyl (C=O) groups is 1. The van der Waals surface area contributed by atoms with Gasteiger partial charge in [0.2, 0.25) is 0 Å². The summed E-state index contributed by atoms with van der Waals surface area (Å²) in [7, 11) is 0. The number of alkyl halides is 2. The average molecular weight is 598 g/mol. The number of anilines is 1. The summed E-state index contributed by atoms with van der Waals surface area (Å²) in [6.07, 6.45) is 5.03. The maximum absolute atomic E-state index is 14.2. The van der Waals surface area contributed by atoms with Gasteiger partial charge in [-0.05, 0) is 98.9 Å². The zero-order valence-electron chi connectivity index (χ0n) is 24.6. The molecule has 1 saturated carbocycles. The van der Waals surface area contributed by atoms with Gasteiger partial charge in [0.25, 0.3) is 6.43 Å². The first-order valence-corrected chi connectivity index (χ1v) is 15.7. The van der Waals surface area contributed by atoms with E-state index < -0.39 is 12.4 Å². The standard InChI is InChI=1S/C34H42ClF2N3O2/c1-23(2)38-16-18-39(19-17-38)28-12-9-25(10-13-28)30-14-11-27(35)22-26(30)20-24-6-5-7-29(21-24)40-15-4-3-8-31(34(41)42)32(40)33(36)37/h3,8-14,22-24,29,33H,4-7,15-21H2,1-2H3,(H,41,42). The van der Waals surface area contributed by atoms with E-state index in [0.717, 1.165) is 69.4 Å². The van der Waals surface area contributed by atoms with E-state index in [0.29, 0.717) is 29.9 Å². The molecule has 8 heteroatoms. The SMILES string of the molecule is CC(C)N1CCN(c2ccc(-c3ccc(Cl)cc3CC3CCCC(N4CCC=CC(C(=O)O)=C4C(F)F)C3)cc2)CC1. The monoisotopic (exact) mass is 597 g/mol. The van der Waals surface area contributed by atoms with Gasteiger partial charge in [-0.15, -0.1) is 0 Å². The summed E-state index contributed by atoms with van der Waals surface area (Å²) in [5, 5.41) is 10.3. The van der Waals surface area contributed by atoms with Gasteiger partial charge in [-0.1, -0.05) is 42.3 Å². The maximum atomic E-state index is 14.2. The zero-order valence-corrected chi connectivity index (χ0v) is 25.4. The number of piperazine rings is 1. The molecule has 2 heterocycles. The Hall–Kier alpha value is -2.90. The smallest absolute Gasteiger partial charge is 0.337 e. The first-order valence-electron chi connectivity index (χ1n) is 15.3. The maximum Gasteiger partial charge on any atom is 0.337 e. The number of carboxylic acids is 1. The third kappa shape index (κ3) is 7.00. The van der Waals surface area contributed by atoms with Gasteiger partial charge in [-0.3, -0.25) is 4.90 Å². The van der Waals surface area contributed by atoms with E-state index in [9.17, 15) is 18.7 Å². The van der Waals surface area contributed by atoms with Gasteiger partial charge in [-0.2, -0.15) is 0 Å². The highest BCUT2D eigenvalue weighted by Crippen LogP contribution is 2.37. The number of rotatable bonds is 8. The van der Waals surface area contributed by atoms with Gasteiger partial charge in [0, 0.05) is 55.5 Å². The molecule has 1 aliphatic carbocycles. The Bertz CT molecular complexity index is 1300. The fourth-order valence-electron chi connectivity index (χ4n) is 6.98. The van der Waals surface area contributed by atoms with Crippen LogP contribution in [0.1, 0.15) is 51.5 Å².